The van der Waals surface area contributed by atoms with E-state index in [4.69, 9.17) is 8.39 Å². The molecule has 2 aromatic heterocycles. The van der Waals surface area contributed by atoms with Gasteiger partial charge in [-0.3, -0.25) is 0 Å². The second-order valence-electron chi connectivity index (χ2n) is 11.1. The number of hydrogen-bond donors (Lipinski definition) is 0. The predicted octanol–water partition coefficient (Wildman–Crippen LogP) is 11.1. The first-order valence-electron chi connectivity index (χ1n) is 14.0. The molecule has 5 aromatic carbocycles. The van der Waals surface area contributed by atoms with Crippen LogP contribution in [0.1, 0.15) is 33.3 Å². The summed E-state index contributed by atoms with van der Waals surface area (Å²) in [5.41, 5.74) is 6.73. The second-order valence-corrected chi connectivity index (χ2v) is 15.7. The minimum Gasteiger partial charge on any atom is -0.403 e. The predicted molar refractivity (Wildman–Crippen MR) is 176 cm³/mol. The summed E-state index contributed by atoms with van der Waals surface area (Å²) in [6.07, 6.45) is 0. The van der Waals surface area contributed by atoms with Gasteiger partial charge in [0.15, 0.2) is 0 Å². The summed E-state index contributed by atoms with van der Waals surface area (Å²) in [7, 11) is -1.99. The molecule has 40 heavy (non-hydrogen) atoms. The van der Waals surface area contributed by atoms with Crippen LogP contribution >= 0.6 is 16.1 Å². The Morgan fingerprint density at radius 1 is 0.600 bits per heavy atom. The average molecular weight is 562 g/mol. The van der Waals surface area contributed by atoms with Crippen molar-refractivity contribution in [3.8, 4) is 0 Å². The lowest BCUT2D eigenvalue weighted by atomic mass is 9.99. The van der Waals surface area contributed by atoms with Crippen LogP contribution in [0, 0.1) is 6.92 Å². The van der Waals surface area contributed by atoms with Gasteiger partial charge in [-0.25, -0.2) is 4.34 Å². The molecule has 7 aromatic rings. The summed E-state index contributed by atoms with van der Waals surface area (Å²) in [5.74, 6) is 0. The number of fused-ring (bicyclic) bond motifs is 8. The Bertz CT molecular complexity index is 2000. The third-order valence-electron chi connectivity index (χ3n) is 7.98. The molecule has 0 aliphatic rings. The van der Waals surface area contributed by atoms with Crippen LogP contribution in [0.5, 0.6) is 0 Å². The lowest BCUT2D eigenvalue weighted by molar-refractivity contribution is 0.632. The fourth-order valence-corrected chi connectivity index (χ4v) is 11.4. The summed E-state index contributed by atoms with van der Waals surface area (Å²) in [6.45, 7) is 11.7. The molecule has 3 nitrogen and oxygen atoms in total. The van der Waals surface area contributed by atoms with Gasteiger partial charge in [-0.2, -0.15) is 0 Å². The highest BCUT2D eigenvalue weighted by molar-refractivity contribution is 7.67. The van der Waals surface area contributed by atoms with Crippen LogP contribution in [-0.2, 0) is 0 Å². The SMILES string of the molecule is Cc1c(P(C(C)C)C(C)C)n(-p2oc3ccc4ccccc4c3c3c(ccc4ccccc43)o2)c2ccccc12. The van der Waals surface area contributed by atoms with Crippen LogP contribution in [-0.4, -0.2) is 15.7 Å². The zero-order chi connectivity index (χ0) is 27.5. The van der Waals surface area contributed by atoms with E-state index in [2.05, 4.69) is 136 Å². The molecule has 0 atom stereocenters. The van der Waals surface area contributed by atoms with Gasteiger partial charge in [-0.15, -0.1) is 0 Å². The Morgan fingerprint density at radius 2 is 1.07 bits per heavy atom. The highest BCUT2D eigenvalue weighted by Gasteiger charge is 2.29. The molecular formula is C35H33NO2P2. The lowest BCUT2D eigenvalue weighted by Gasteiger charge is -2.27. The number of hydrogen-bond acceptors (Lipinski definition) is 2. The van der Waals surface area contributed by atoms with E-state index in [0.717, 1.165) is 21.9 Å². The quantitative estimate of drug-likeness (QED) is 0.200. The van der Waals surface area contributed by atoms with Crippen molar-refractivity contribution in [2.45, 2.75) is 45.9 Å². The molecule has 0 amide bonds. The molecule has 0 unspecified atom stereocenters. The Morgan fingerprint density at radius 3 is 1.60 bits per heavy atom. The number of nitrogens with zero attached hydrogens (tertiary/aromatic N) is 1. The first-order chi connectivity index (χ1) is 19.4. The van der Waals surface area contributed by atoms with Crippen LogP contribution in [0.2, 0.25) is 0 Å². The number of para-hydroxylation sites is 1. The van der Waals surface area contributed by atoms with Gasteiger partial charge in [0, 0.05) is 16.2 Å². The van der Waals surface area contributed by atoms with E-state index in [9.17, 15) is 0 Å². The van der Waals surface area contributed by atoms with Gasteiger partial charge < -0.3 is 8.39 Å². The molecule has 0 aliphatic heterocycles. The monoisotopic (exact) mass is 561 g/mol. The number of rotatable bonds is 4. The van der Waals surface area contributed by atoms with Gasteiger partial charge in [0.25, 0.3) is 0 Å². The van der Waals surface area contributed by atoms with E-state index in [1.54, 1.807) is 0 Å². The van der Waals surface area contributed by atoms with Gasteiger partial charge in [-0.05, 0) is 63.5 Å². The number of aryl methyl sites for hydroxylation is 1. The number of benzene rings is 5. The zero-order valence-electron chi connectivity index (χ0n) is 23.6. The van der Waals surface area contributed by atoms with Gasteiger partial charge in [-0.1, -0.05) is 114 Å². The van der Waals surface area contributed by atoms with E-state index in [0.29, 0.717) is 11.3 Å². The molecule has 7 rings (SSSR count). The molecule has 0 saturated heterocycles. The van der Waals surface area contributed by atoms with Crippen LogP contribution in [0.15, 0.2) is 105 Å². The van der Waals surface area contributed by atoms with E-state index < -0.39 is 16.1 Å². The van der Waals surface area contributed by atoms with Crippen molar-refractivity contribution in [3.63, 3.8) is 0 Å². The summed E-state index contributed by atoms with van der Waals surface area (Å²) in [6, 6.07) is 34.5. The Labute approximate surface area is 236 Å². The summed E-state index contributed by atoms with van der Waals surface area (Å²) >= 11 is 0. The minimum atomic E-state index is -1.53. The highest BCUT2D eigenvalue weighted by atomic mass is 31.1. The molecule has 0 bridgehead atoms. The van der Waals surface area contributed by atoms with E-state index >= 15 is 0 Å². The molecule has 5 heteroatoms. The molecule has 0 radical (unpaired) electrons. The van der Waals surface area contributed by atoms with E-state index in [-0.39, 0.29) is 0 Å². The van der Waals surface area contributed by atoms with Gasteiger partial charge in [0.1, 0.15) is 11.2 Å². The Hall–Kier alpha value is -3.51. The van der Waals surface area contributed by atoms with Gasteiger partial charge in [0.2, 0.25) is 0 Å². The third-order valence-corrected chi connectivity index (χ3v) is 12.8. The average Bonchev–Trinajstić information content (AvgIpc) is 3.12. The van der Waals surface area contributed by atoms with Crippen molar-refractivity contribution < 1.29 is 8.39 Å². The van der Waals surface area contributed by atoms with Crippen LogP contribution in [0.4, 0.5) is 0 Å². The van der Waals surface area contributed by atoms with Crippen LogP contribution in [0.3, 0.4) is 0 Å². The fourth-order valence-electron chi connectivity index (χ4n) is 6.36. The third kappa shape index (κ3) is 3.91. The summed E-state index contributed by atoms with van der Waals surface area (Å²) in [5, 5.41) is 8.25. The molecule has 0 saturated carbocycles. The maximum absolute atomic E-state index is 7.07. The van der Waals surface area contributed by atoms with Crippen molar-refractivity contribution in [2.75, 3.05) is 0 Å². The Balaban J connectivity index is 1.72. The molecule has 2 heterocycles. The molecule has 200 valence electrons. The molecule has 0 fully saturated rings. The van der Waals surface area contributed by atoms with Crippen LogP contribution in [0.25, 0.3) is 54.4 Å². The molecule has 0 spiro atoms. The molecular weight excluding hydrogens is 528 g/mol. The van der Waals surface area contributed by atoms with Crippen molar-refractivity contribution in [3.05, 3.63) is 103 Å². The summed E-state index contributed by atoms with van der Waals surface area (Å²) < 4.78 is 16.6. The first kappa shape index (κ1) is 25.5. The largest absolute Gasteiger partial charge is 0.403 e. The second kappa shape index (κ2) is 9.84. The maximum Gasteiger partial charge on any atom is 0.346 e. The fraction of sp³-hybridized carbons (Fsp3) is 0.200. The summed E-state index contributed by atoms with van der Waals surface area (Å²) in [4.78, 5) is 0. The molecule has 0 N–H and O–H groups in total. The topological polar surface area (TPSA) is 31.2 Å². The number of aromatic nitrogens is 1. The highest BCUT2D eigenvalue weighted by Crippen LogP contribution is 2.51. The van der Waals surface area contributed by atoms with Crippen molar-refractivity contribution >= 4 is 75.9 Å². The van der Waals surface area contributed by atoms with Crippen molar-refractivity contribution in [2.24, 2.45) is 0 Å². The van der Waals surface area contributed by atoms with Crippen LogP contribution < -0.4 is 5.44 Å². The maximum atomic E-state index is 7.07. The first-order valence-corrected chi connectivity index (χ1v) is 16.6. The Kier molecular flexibility index (Phi) is 6.26. The van der Waals surface area contributed by atoms with Gasteiger partial charge >= 0.3 is 8.16 Å². The van der Waals surface area contributed by atoms with Crippen molar-refractivity contribution in [1.82, 2.24) is 4.34 Å². The molecule has 0 aliphatic carbocycles. The van der Waals surface area contributed by atoms with Crippen molar-refractivity contribution in [1.29, 1.82) is 0 Å². The van der Waals surface area contributed by atoms with Gasteiger partial charge in [0.05, 0.1) is 11.0 Å². The lowest BCUT2D eigenvalue weighted by Crippen LogP contribution is -2.21. The van der Waals surface area contributed by atoms with E-state index in [1.165, 1.54) is 43.4 Å². The minimum absolute atomic E-state index is 0.468. The standard InChI is InChI=1S/C35H33NO2P2/c1-22(2)39(23(3)4)35-24(5)27-14-10-11-17-30(27)36(35)40-37-31-20-18-25-12-6-8-15-28(25)33(31)34-29-16-9-7-13-26(29)19-21-32(34)38-40/h6-23H,1-5H3. The normalized spacial score (nSPS) is 12.3. The zero-order valence-corrected chi connectivity index (χ0v) is 25.3. The van der Waals surface area contributed by atoms with E-state index in [1.807, 2.05) is 0 Å². The smallest absolute Gasteiger partial charge is 0.346 e.